The van der Waals surface area contributed by atoms with Crippen molar-refractivity contribution in [3.05, 3.63) is 98.4 Å². The number of hydrogen-bond donors (Lipinski definition) is 1. The van der Waals surface area contributed by atoms with E-state index < -0.39 is 5.91 Å². The number of carbonyl (C=O) groups is 1. The molecule has 0 aliphatic heterocycles. The summed E-state index contributed by atoms with van der Waals surface area (Å²) in [6.45, 7) is 4.24. The van der Waals surface area contributed by atoms with Crippen molar-refractivity contribution in [2.45, 2.75) is 26.9 Å². The molecule has 162 valence electrons. The first-order chi connectivity index (χ1) is 15.4. The molecule has 0 aliphatic rings. The zero-order valence-electron chi connectivity index (χ0n) is 17.5. The highest BCUT2D eigenvalue weighted by Crippen LogP contribution is 2.19. The summed E-state index contributed by atoms with van der Waals surface area (Å²) in [7, 11) is 0. The van der Waals surface area contributed by atoms with Crippen LogP contribution in [0.25, 0.3) is 11.3 Å². The summed E-state index contributed by atoms with van der Waals surface area (Å²) in [6.07, 6.45) is 0. The van der Waals surface area contributed by atoms with Crippen LogP contribution in [-0.4, -0.2) is 25.8 Å². The summed E-state index contributed by atoms with van der Waals surface area (Å²) in [5.74, 6) is -0.571. The fraction of sp³-hybridized carbons (Fsp3) is 0.174. The molecule has 0 spiro atoms. The average Bonchev–Trinajstić information content (AvgIpc) is 3.25. The van der Waals surface area contributed by atoms with Gasteiger partial charge in [0.05, 0.1) is 5.69 Å². The minimum atomic E-state index is -0.534. The first-order valence-electron chi connectivity index (χ1n) is 9.90. The van der Waals surface area contributed by atoms with Gasteiger partial charge in [-0.2, -0.15) is 10.1 Å². The van der Waals surface area contributed by atoms with Crippen LogP contribution in [0.4, 0.5) is 0 Å². The van der Waals surface area contributed by atoms with E-state index in [1.807, 2.05) is 50.2 Å². The van der Waals surface area contributed by atoms with Crippen LogP contribution >= 0.6 is 11.6 Å². The van der Waals surface area contributed by atoms with Gasteiger partial charge in [0, 0.05) is 23.2 Å². The van der Waals surface area contributed by atoms with E-state index in [4.69, 9.17) is 16.1 Å². The molecule has 4 aromatic rings. The molecule has 0 bridgehead atoms. The Bertz CT molecular complexity index is 1350. The molecule has 0 saturated carbocycles. The monoisotopic (exact) mass is 449 g/mol. The van der Waals surface area contributed by atoms with E-state index >= 15 is 0 Å². The van der Waals surface area contributed by atoms with E-state index in [-0.39, 0.29) is 30.4 Å². The van der Waals surface area contributed by atoms with Gasteiger partial charge >= 0.3 is 11.8 Å². The smallest absolute Gasteiger partial charge is 0.316 e. The van der Waals surface area contributed by atoms with E-state index in [0.717, 1.165) is 16.7 Å². The Balaban J connectivity index is 1.48. The van der Waals surface area contributed by atoms with E-state index in [1.165, 1.54) is 16.3 Å². The number of rotatable bonds is 6. The van der Waals surface area contributed by atoms with Crippen LogP contribution in [0.5, 0.6) is 0 Å². The second-order valence-corrected chi connectivity index (χ2v) is 7.71. The highest BCUT2D eigenvalue weighted by molar-refractivity contribution is 6.31. The normalized spacial score (nSPS) is 10.8. The Morgan fingerprint density at radius 1 is 1.09 bits per heavy atom. The molecule has 2 heterocycles. The molecule has 2 aromatic carbocycles. The molecule has 9 heteroatoms. The summed E-state index contributed by atoms with van der Waals surface area (Å²) in [4.78, 5) is 28.7. The predicted molar refractivity (Wildman–Crippen MR) is 119 cm³/mol. The molecule has 4 rings (SSSR count). The number of hydrogen-bond acceptors (Lipinski definition) is 6. The van der Waals surface area contributed by atoms with Crippen molar-refractivity contribution in [1.82, 2.24) is 25.2 Å². The Kier molecular flexibility index (Phi) is 6.13. The lowest BCUT2D eigenvalue weighted by Crippen LogP contribution is -2.24. The Morgan fingerprint density at radius 3 is 2.69 bits per heavy atom. The van der Waals surface area contributed by atoms with Crippen LogP contribution in [0.2, 0.25) is 5.02 Å². The fourth-order valence-electron chi connectivity index (χ4n) is 3.05. The number of aromatic nitrogens is 4. The first kappa shape index (κ1) is 21.5. The summed E-state index contributed by atoms with van der Waals surface area (Å²) >= 11 is 6.09. The molecule has 0 fully saturated rings. The third-order valence-corrected chi connectivity index (χ3v) is 5.39. The number of amides is 1. The maximum Gasteiger partial charge on any atom is 0.316 e. The molecule has 8 nitrogen and oxygen atoms in total. The van der Waals surface area contributed by atoms with Crippen molar-refractivity contribution >= 4 is 17.5 Å². The van der Waals surface area contributed by atoms with Crippen molar-refractivity contribution < 1.29 is 9.32 Å². The molecule has 0 radical (unpaired) electrons. The summed E-state index contributed by atoms with van der Waals surface area (Å²) in [5, 5.41) is 11.4. The van der Waals surface area contributed by atoms with Gasteiger partial charge in [-0.05, 0) is 48.7 Å². The highest BCUT2D eigenvalue weighted by Gasteiger charge is 2.16. The minimum absolute atomic E-state index is 0.0290. The third-order valence-electron chi connectivity index (χ3n) is 5.02. The van der Waals surface area contributed by atoms with E-state index in [0.29, 0.717) is 10.7 Å². The Labute approximate surface area is 188 Å². The first-order valence-corrected chi connectivity index (χ1v) is 10.3. The van der Waals surface area contributed by atoms with Gasteiger partial charge in [0.1, 0.15) is 6.54 Å². The Morgan fingerprint density at radius 2 is 1.91 bits per heavy atom. The molecule has 32 heavy (non-hydrogen) atoms. The van der Waals surface area contributed by atoms with Crippen molar-refractivity contribution in [2.75, 3.05) is 0 Å². The van der Waals surface area contributed by atoms with Crippen molar-refractivity contribution in [2.24, 2.45) is 0 Å². The van der Waals surface area contributed by atoms with Crippen LogP contribution in [-0.2, 0) is 13.1 Å². The van der Waals surface area contributed by atoms with Crippen LogP contribution in [0.1, 0.15) is 33.2 Å². The van der Waals surface area contributed by atoms with E-state index in [1.54, 1.807) is 12.1 Å². The van der Waals surface area contributed by atoms with Crippen LogP contribution in [0, 0.1) is 13.8 Å². The van der Waals surface area contributed by atoms with Crippen LogP contribution < -0.4 is 10.9 Å². The molecule has 0 atom stereocenters. The molecular formula is C23H20ClN5O3. The number of nitrogens with zero attached hydrogens (tertiary/aromatic N) is 4. The van der Waals surface area contributed by atoms with Gasteiger partial charge < -0.3 is 9.84 Å². The van der Waals surface area contributed by atoms with Crippen molar-refractivity contribution in [1.29, 1.82) is 0 Å². The van der Waals surface area contributed by atoms with Gasteiger partial charge in [0.15, 0.2) is 5.82 Å². The second kappa shape index (κ2) is 9.15. The quantitative estimate of drug-likeness (QED) is 0.483. The largest absolute Gasteiger partial charge is 0.344 e. The van der Waals surface area contributed by atoms with Crippen LogP contribution in [0.15, 0.2) is 63.9 Å². The van der Waals surface area contributed by atoms with Gasteiger partial charge in [-0.25, -0.2) is 4.68 Å². The summed E-state index contributed by atoms with van der Waals surface area (Å²) < 4.78 is 6.29. The summed E-state index contributed by atoms with van der Waals surface area (Å²) in [5.41, 5.74) is 4.30. The zero-order valence-corrected chi connectivity index (χ0v) is 18.3. The number of benzene rings is 2. The van der Waals surface area contributed by atoms with Crippen LogP contribution in [0.3, 0.4) is 0 Å². The topological polar surface area (TPSA) is 103 Å². The average molecular weight is 450 g/mol. The van der Waals surface area contributed by atoms with E-state index in [9.17, 15) is 9.59 Å². The minimum Gasteiger partial charge on any atom is -0.344 e. The van der Waals surface area contributed by atoms with Gasteiger partial charge in [-0.3, -0.25) is 9.59 Å². The lowest BCUT2D eigenvalue weighted by atomic mass is 10.0. The standard InChI is InChI=1S/C23H20ClN5O3/c1-14-7-8-16(11-15(14)2)19-9-10-21(30)29(27-19)13-20-26-23(32-28-20)22(31)25-12-17-5-3-4-6-18(17)24/h3-11H,12-13H2,1-2H3,(H,25,31). The molecule has 1 amide bonds. The fourth-order valence-corrected chi connectivity index (χ4v) is 3.26. The lowest BCUT2D eigenvalue weighted by Gasteiger charge is -2.07. The molecule has 1 N–H and O–H groups in total. The van der Waals surface area contributed by atoms with Crippen molar-refractivity contribution in [3.8, 4) is 11.3 Å². The number of aryl methyl sites for hydroxylation is 2. The number of halogens is 1. The van der Waals surface area contributed by atoms with Gasteiger partial charge in [0.2, 0.25) is 0 Å². The number of nitrogens with one attached hydrogen (secondary N) is 1. The number of carbonyl (C=O) groups excluding carboxylic acids is 1. The Hall–Kier alpha value is -3.78. The molecular weight excluding hydrogens is 430 g/mol. The highest BCUT2D eigenvalue weighted by atomic mass is 35.5. The second-order valence-electron chi connectivity index (χ2n) is 7.30. The molecule has 0 saturated heterocycles. The van der Waals surface area contributed by atoms with Gasteiger partial charge in [-0.1, -0.05) is 47.1 Å². The molecule has 0 aliphatic carbocycles. The maximum atomic E-state index is 12.3. The molecule has 2 aromatic heterocycles. The predicted octanol–water partition coefficient (Wildman–Crippen LogP) is 3.54. The maximum absolute atomic E-state index is 12.3. The summed E-state index contributed by atoms with van der Waals surface area (Å²) in [6, 6.07) is 16.3. The lowest BCUT2D eigenvalue weighted by molar-refractivity contribution is 0.0907. The SMILES string of the molecule is Cc1ccc(-c2ccc(=O)n(Cc3noc(C(=O)NCc4ccccc4Cl)n3)n2)cc1C. The van der Waals surface area contributed by atoms with Crippen molar-refractivity contribution in [3.63, 3.8) is 0 Å². The molecule has 0 unspecified atom stereocenters. The van der Waals surface area contributed by atoms with Gasteiger partial charge in [0.25, 0.3) is 5.56 Å². The third kappa shape index (κ3) is 4.76. The van der Waals surface area contributed by atoms with Gasteiger partial charge in [-0.15, -0.1) is 0 Å². The van der Waals surface area contributed by atoms with E-state index in [2.05, 4.69) is 20.6 Å². The zero-order chi connectivity index (χ0) is 22.7.